The van der Waals surface area contributed by atoms with Crippen molar-refractivity contribution in [3.8, 4) is 0 Å². The van der Waals surface area contributed by atoms with Crippen molar-refractivity contribution in [2.75, 3.05) is 11.6 Å². The number of hydrogen-bond donors (Lipinski definition) is 1. The van der Waals surface area contributed by atoms with Gasteiger partial charge >= 0.3 is 0 Å². The van der Waals surface area contributed by atoms with E-state index >= 15 is 0 Å². The number of rotatable bonds is 3. The number of nitrogens with zero attached hydrogens (tertiary/aromatic N) is 2. The maximum Gasteiger partial charge on any atom is 0.256 e. The normalized spacial score (nSPS) is 10.1. The van der Waals surface area contributed by atoms with Crippen molar-refractivity contribution in [2.45, 2.75) is 5.03 Å². The summed E-state index contributed by atoms with van der Waals surface area (Å²) >= 11 is 1.46. The highest BCUT2D eigenvalue weighted by Crippen LogP contribution is 2.12. The third kappa shape index (κ3) is 3.04. The zero-order chi connectivity index (χ0) is 13.0. The number of hydrogen-bond acceptors (Lipinski definition) is 4. The van der Waals surface area contributed by atoms with Crippen LogP contribution >= 0.6 is 11.8 Å². The Kier molecular flexibility index (Phi) is 3.88. The van der Waals surface area contributed by atoms with Gasteiger partial charge < -0.3 is 5.32 Å². The van der Waals surface area contributed by atoms with Crippen LogP contribution in [0.5, 0.6) is 0 Å². The van der Waals surface area contributed by atoms with Crippen molar-refractivity contribution < 1.29 is 9.18 Å². The van der Waals surface area contributed by atoms with Crippen LogP contribution in [0.25, 0.3) is 0 Å². The molecule has 0 spiro atoms. The third-order valence-corrected chi connectivity index (χ3v) is 2.81. The Labute approximate surface area is 108 Å². The number of nitrogens with one attached hydrogen (secondary N) is 1. The van der Waals surface area contributed by atoms with E-state index in [0.717, 1.165) is 5.03 Å². The molecule has 4 nitrogen and oxygen atoms in total. The molecule has 0 saturated carbocycles. The molecule has 0 aliphatic heterocycles. The number of halogens is 1. The Morgan fingerprint density at radius 3 is 2.72 bits per heavy atom. The number of aromatic nitrogens is 2. The average Bonchev–Trinajstić information content (AvgIpc) is 2.39. The molecule has 0 bridgehead atoms. The number of thioether (sulfide) groups is 1. The summed E-state index contributed by atoms with van der Waals surface area (Å²) in [5, 5.41) is 11.0. The van der Waals surface area contributed by atoms with E-state index in [-0.39, 0.29) is 5.56 Å². The van der Waals surface area contributed by atoms with E-state index in [2.05, 4.69) is 15.5 Å². The van der Waals surface area contributed by atoms with Gasteiger partial charge in [0.1, 0.15) is 10.8 Å². The van der Waals surface area contributed by atoms with Gasteiger partial charge in [0.15, 0.2) is 5.82 Å². The number of carbonyl (C=O) groups excluding carboxylic acids is 1. The molecule has 2 aromatic rings. The molecule has 6 heteroatoms. The number of amides is 1. The first-order chi connectivity index (χ1) is 8.69. The second kappa shape index (κ2) is 5.59. The fraction of sp³-hybridized carbons (Fsp3) is 0.0833. The molecule has 0 saturated heterocycles. The molecule has 18 heavy (non-hydrogen) atoms. The van der Waals surface area contributed by atoms with Crippen molar-refractivity contribution in [1.82, 2.24) is 10.2 Å². The van der Waals surface area contributed by atoms with Gasteiger partial charge in [-0.05, 0) is 36.6 Å². The second-order valence-electron chi connectivity index (χ2n) is 3.43. The van der Waals surface area contributed by atoms with E-state index in [9.17, 15) is 9.18 Å². The van der Waals surface area contributed by atoms with Crippen molar-refractivity contribution >= 4 is 23.5 Å². The van der Waals surface area contributed by atoms with Crippen LogP contribution in [-0.4, -0.2) is 22.4 Å². The molecule has 1 amide bonds. The molecule has 0 unspecified atom stereocenters. The zero-order valence-corrected chi connectivity index (χ0v) is 10.4. The first-order valence-corrected chi connectivity index (χ1v) is 6.36. The quantitative estimate of drug-likeness (QED) is 0.865. The maximum absolute atomic E-state index is 13.0. The Hall–Kier alpha value is -1.95. The van der Waals surface area contributed by atoms with Crippen molar-refractivity contribution in [3.63, 3.8) is 0 Å². The summed E-state index contributed by atoms with van der Waals surface area (Å²) in [6, 6.07) is 8.85. The molecule has 1 N–H and O–H groups in total. The second-order valence-corrected chi connectivity index (χ2v) is 4.25. The van der Waals surface area contributed by atoms with Gasteiger partial charge in [-0.3, -0.25) is 4.79 Å². The summed E-state index contributed by atoms with van der Waals surface area (Å²) in [6.07, 6.45) is 1.88. The highest BCUT2D eigenvalue weighted by Gasteiger charge is 2.07. The predicted molar refractivity (Wildman–Crippen MR) is 68.2 cm³/mol. The fourth-order valence-corrected chi connectivity index (χ4v) is 1.64. The molecule has 0 radical (unpaired) electrons. The molecule has 1 heterocycles. The number of anilines is 1. The van der Waals surface area contributed by atoms with Gasteiger partial charge in [0.25, 0.3) is 5.91 Å². The minimum absolute atomic E-state index is 0.241. The molecule has 92 valence electrons. The van der Waals surface area contributed by atoms with E-state index in [1.165, 1.54) is 36.0 Å². The SMILES string of the molecule is CSc1ccc(NC(=O)c2cccc(F)c2)nn1. The minimum Gasteiger partial charge on any atom is -0.305 e. The number of benzene rings is 1. The molecule has 0 aliphatic rings. The molecular formula is C12H10FN3OS. The van der Waals surface area contributed by atoms with Gasteiger partial charge in [-0.1, -0.05) is 6.07 Å². The Morgan fingerprint density at radius 1 is 1.28 bits per heavy atom. The topological polar surface area (TPSA) is 54.9 Å². The van der Waals surface area contributed by atoms with Gasteiger partial charge in [-0.2, -0.15) is 0 Å². The lowest BCUT2D eigenvalue weighted by Gasteiger charge is -2.04. The van der Waals surface area contributed by atoms with Crippen LogP contribution in [0.3, 0.4) is 0 Å². The zero-order valence-electron chi connectivity index (χ0n) is 9.55. The Balaban J connectivity index is 2.11. The largest absolute Gasteiger partial charge is 0.305 e. The van der Waals surface area contributed by atoms with Crippen LogP contribution in [0, 0.1) is 5.82 Å². The summed E-state index contributed by atoms with van der Waals surface area (Å²) in [7, 11) is 0. The molecule has 2 rings (SSSR count). The monoisotopic (exact) mass is 263 g/mol. The van der Waals surface area contributed by atoms with E-state index in [0.29, 0.717) is 5.82 Å². The molecule has 0 aliphatic carbocycles. The lowest BCUT2D eigenvalue weighted by molar-refractivity contribution is 0.102. The van der Waals surface area contributed by atoms with E-state index < -0.39 is 11.7 Å². The lowest BCUT2D eigenvalue weighted by Crippen LogP contribution is -2.13. The van der Waals surface area contributed by atoms with Crippen LogP contribution in [0.1, 0.15) is 10.4 Å². The molecular weight excluding hydrogens is 253 g/mol. The minimum atomic E-state index is -0.452. The number of carbonyl (C=O) groups is 1. The molecule has 0 atom stereocenters. The Morgan fingerprint density at radius 2 is 2.11 bits per heavy atom. The highest BCUT2D eigenvalue weighted by molar-refractivity contribution is 7.98. The van der Waals surface area contributed by atoms with Crippen LogP contribution in [0.2, 0.25) is 0 Å². The van der Waals surface area contributed by atoms with E-state index in [1.54, 1.807) is 12.1 Å². The summed E-state index contributed by atoms with van der Waals surface area (Å²) in [5.41, 5.74) is 0.241. The van der Waals surface area contributed by atoms with Crippen LogP contribution in [0.4, 0.5) is 10.2 Å². The van der Waals surface area contributed by atoms with E-state index in [4.69, 9.17) is 0 Å². The third-order valence-electron chi connectivity index (χ3n) is 2.18. The summed E-state index contributed by atoms with van der Waals surface area (Å²) in [4.78, 5) is 11.8. The molecule has 1 aromatic heterocycles. The Bertz CT molecular complexity index is 560. The van der Waals surface area contributed by atoms with Gasteiger partial charge in [0.05, 0.1) is 0 Å². The summed E-state index contributed by atoms with van der Waals surface area (Å²) < 4.78 is 13.0. The first kappa shape index (κ1) is 12.5. The lowest BCUT2D eigenvalue weighted by atomic mass is 10.2. The van der Waals surface area contributed by atoms with E-state index in [1.807, 2.05) is 6.26 Å². The van der Waals surface area contributed by atoms with Crippen molar-refractivity contribution in [2.24, 2.45) is 0 Å². The highest BCUT2D eigenvalue weighted by atomic mass is 32.2. The van der Waals surface area contributed by atoms with Crippen LogP contribution < -0.4 is 5.32 Å². The van der Waals surface area contributed by atoms with Gasteiger partial charge in [0.2, 0.25) is 0 Å². The fourth-order valence-electron chi connectivity index (χ4n) is 1.31. The smallest absolute Gasteiger partial charge is 0.256 e. The standard InChI is InChI=1S/C12H10FN3OS/c1-18-11-6-5-10(15-16-11)14-12(17)8-3-2-4-9(13)7-8/h2-7H,1H3,(H,14,15,17). The first-order valence-electron chi connectivity index (χ1n) is 5.13. The maximum atomic E-state index is 13.0. The molecule has 1 aromatic carbocycles. The predicted octanol–water partition coefficient (Wildman–Crippen LogP) is 2.59. The van der Waals surface area contributed by atoms with Gasteiger partial charge in [-0.25, -0.2) is 4.39 Å². The van der Waals surface area contributed by atoms with Crippen molar-refractivity contribution in [3.05, 3.63) is 47.8 Å². The van der Waals surface area contributed by atoms with Crippen LogP contribution in [-0.2, 0) is 0 Å². The summed E-state index contributed by atoms with van der Waals surface area (Å²) in [6.45, 7) is 0. The van der Waals surface area contributed by atoms with Crippen molar-refractivity contribution in [1.29, 1.82) is 0 Å². The molecule has 0 fully saturated rings. The van der Waals surface area contributed by atoms with Crippen LogP contribution in [0.15, 0.2) is 41.4 Å². The van der Waals surface area contributed by atoms with Gasteiger partial charge in [0, 0.05) is 5.56 Å². The summed E-state index contributed by atoms with van der Waals surface area (Å²) in [5.74, 6) is -0.533. The van der Waals surface area contributed by atoms with Gasteiger partial charge in [-0.15, -0.1) is 22.0 Å². The average molecular weight is 263 g/mol.